The topological polar surface area (TPSA) is 87.0 Å². The molecule has 0 spiro atoms. The Morgan fingerprint density at radius 3 is 2.30 bits per heavy atom. The molecule has 2 rings (SSSR count). The van der Waals surface area contributed by atoms with E-state index in [4.69, 9.17) is 14.2 Å². The van der Waals surface area contributed by atoms with Crippen molar-refractivity contribution in [1.82, 2.24) is 4.57 Å². The molecule has 0 saturated heterocycles. The van der Waals surface area contributed by atoms with Crippen molar-refractivity contribution in [2.75, 3.05) is 20.3 Å². The molecule has 0 aliphatic rings. The lowest BCUT2D eigenvalue weighted by Crippen LogP contribution is -2.16. The van der Waals surface area contributed by atoms with Gasteiger partial charge in [-0.2, -0.15) is 0 Å². The third-order valence-corrected chi connectivity index (χ3v) is 3.85. The van der Waals surface area contributed by atoms with Crippen LogP contribution in [0.5, 0.6) is 5.75 Å². The van der Waals surface area contributed by atoms with Crippen LogP contribution in [0.4, 0.5) is 0 Å². The maximum Gasteiger partial charge on any atom is 0.343 e. The summed E-state index contributed by atoms with van der Waals surface area (Å²) in [6.45, 7) is 4.06. The zero-order valence-electron chi connectivity index (χ0n) is 15.6. The Bertz CT molecular complexity index is 819. The molecule has 27 heavy (non-hydrogen) atoms. The van der Waals surface area contributed by atoms with Crippen molar-refractivity contribution in [3.8, 4) is 5.75 Å². The van der Waals surface area contributed by atoms with E-state index in [0.717, 1.165) is 11.3 Å². The molecule has 0 unspecified atom stereocenters. The van der Waals surface area contributed by atoms with Gasteiger partial charge in [-0.1, -0.05) is 12.1 Å². The fourth-order valence-electron chi connectivity index (χ4n) is 2.62. The van der Waals surface area contributed by atoms with Gasteiger partial charge >= 0.3 is 11.9 Å². The standard InChI is InChI=1S/C20H23NO6/c1-4-26-19(23)16-10-11-21(12-14-6-8-15(25-3)9-7-14)18(16)17(13-22)20(24)27-5-2/h6-11,13,22H,4-5,12H2,1-3H3. The van der Waals surface area contributed by atoms with E-state index in [1.54, 1.807) is 37.8 Å². The number of methoxy groups -OCH3 is 1. The highest BCUT2D eigenvalue weighted by molar-refractivity contribution is 6.18. The van der Waals surface area contributed by atoms with Crippen LogP contribution in [0.2, 0.25) is 0 Å². The zero-order valence-corrected chi connectivity index (χ0v) is 15.6. The quantitative estimate of drug-likeness (QED) is 0.434. The van der Waals surface area contributed by atoms with Crippen molar-refractivity contribution in [3.05, 3.63) is 59.6 Å². The summed E-state index contributed by atoms with van der Waals surface area (Å²) in [5.41, 5.74) is 1.23. The Labute approximate surface area is 157 Å². The van der Waals surface area contributed by atoms with Crippen LogP contribution in [0.25, 0.3) is 5.57 Å². The summed E-state index contributed by atoms with van der Waals surface area (Å²) in [6.07, 6.45) is 2.31. The molecular weight excluding hydrogens is 350 g/mol. The molecule has 144 valence electrons. The van der Waals surface area contributed by atoms with Gasteiger partial charge in [-0.05, 0) is 37.6 Å². The molecule has 0 radical (unpaired) electrons. The van der Waals surface area contributed by atoms with Crippen LogP contribution in [0, 0.1) is 0 Å². The minimum atomic E-state index is -0.722. The molecule has 0 atom stereocenters. The zero-order chi connectivity index (χ0) is 19.8. The molecule has 0 fully saturated rings. The van der Waals surface area contributed by atoms with Crippen molar-refractivity contribution in [1.29, 1.82) is 0 Å². The van der Waals surface area contributed by atoms with Crippen LogP contribution in [-0.2, 0) is 20.8 Å². The second-order valence-corrected chi connectivity index (χ2v) is 5.54. The van der Waals surface area contributed by atoms with E-state index in [0.29, 0.717) is 12.8 Å². The van der Waals surface area contributed by atoms with Crippen LogP contribution >= 0.6 is 0 Å². The highest BCUT2D eigenvalue weighted by atomic mass is 16.5. The molecule has 0 saturated carbocycles. The van der Waals surface area contributed by atoms with Crippen molar-refractivity contribution in [2.45, 2.75) is 20.4 Å². The Balaban J connectivity index is 2.46. The minimum absolute atomic E-state index is 0.113. The van der Waals surface area contributed by atoms with Gasteiger partial charge < -0.3 is 23.9 Å². The number of rotatable bonds is 8. The fraction of sp³-hybridized carbons (Fsp3) is 0.300. The minimum Gasteiger partial charge on any atom is -0.515 e. The molecule has 2 aromatic rings. The SMILES string of the molecule is CCOC(=O)C(=CO)c1c(C(=O)OCC)ccn1Cc1ccc(OC)cc1. The summed E-state index contributed by atoms with van der Waals surface area (Å²) >= 11 is 0. The first-order valence-electron chi connectivity index (χ1n) is 8.56. The van der Waals surface area contributed by atoms with Gasteiger partial charge in [-0.15, -0.1) is 0 Å². The molecule has 1 heterocycles. The fourth-order valence-corrected chi connectivity index (χ4v) is 2.62. The second kappa shape index (κ2) is 9.47. The summed E-state index contributed by atoms with van der Waals surface area (Å²) < 4.78 is 16.9. The number of esters is 2. The monoisotopic (exact) mass is 373 g/mol. The van der Waals surface area contributed by atoms with Gasteiger partial charge in [-0.3, -0.25) is 0 Å². The van der Waals surface area contributed by atoms with Gasteiger partial charge in [0.05, 0.1) is 37.8 Å². The summed E-state index contributed by atoms with van der Waals surface area (Å²) in [5, 5.41) is 9.64. The van der Waals surface area contributed by atoms with Gasteiger partial charge in [0, 0.05) is 12.7 Å². The Morgan fingerprint density at radius 1 is 1.07 bits per heavy atom. The first-order chi connectivity index (χ1) is 13.0. The van der Waals surface area contributed by atoms with Gasteiger partial charge in [0.1, 0.15) is 11.3 Å². The largest absolute Gasteiger partial charge is 0.515 e. The normalized spacial score (nSPS) is 11.1. The number of aromatic nitrogens is 1. The van der Waals surface area contributed by atoms with E-state index < -0.39 is 11.9 Å². The predicted octanol–water partition coefficient (Wildman–Crippen LogP) is 3.18. The molecule has 0 bridgehead atoms. The highest BCUT2D eigenvalue weighted by Crippen LogP contribution is 2.25. The van der Waals surface area contributed by atoms with E-state index in [1.807, 2.05) is 24.3 Å². The van der Waals surface area contributed by atoms with Crippen LogP contribution < -0.4 is 4.74 Å². The van der Waals surface area contributed by atoms with E-state index in [1.165, 1.54) is 0 Å². The van der Waals surface area contributed by atoms with Crippen molar-refractivity contribution >= 4 is 17.5 Å². The molecule has 1 aromatic carbocycles. The van der Waals surface area contributed by atoms with Gasteiger partial charge in [0.25, 0.3) is 0 Å². The third-order valence-electron chi connectivity index (χ3n) is 3.85. The van der Waals surface area contributed by atoms with E-state index in [-0.39, 0.29) is 30.0 Å². The number of hydrogen-bond acceptors (Lipinski definition) is 6. The first-order valence-corrected chi connectivity index (χ1v) is 8.56. The molecule has 1 N–H and O–H groups in total. The van der Waals surface area contributed by atoms with E-state index in [9.17, 15) is 14.7 Å². The van der Waals surface area contributed by atoms with Crippen molar-refractivity contribution in [2.24, 2.45) is 0 Å². The summed E-state index contributed by atoms with van der Waals surface area (Å²) in [5.74, 6) is -0.578. The Morgan fingerprint density at radius 2 is 1.74 bits per heavy atom. The molecule has 1 aromatic heterocycles. The van der Waals surface area contributed by atoms with Gasteiger partial charge in [0.2, 0.25) is 0 Å². The van der Waals surface area contributed by atoms with E-state index >= 15 is 0 Å². The number of ether oxygens (including phenoxy) is 3. The first kappa shape index (κ1) is 20.1. The van der Waals surface area contributed by atoms with Crippen molar-refractivity contribution in [3.63, 3.8) is 0 Å². The number of benzene rings is 1. The molecule has 0 aliphatic heterocycles. The average Bonchev–Trinajstić information content (AvgIpc) is 3.07. The van der Waals surface area contributed by atoms with Crippen LogP contribution in [0.15, 0.2) is 42.8 Å². The molecule has 0 aliphatic carbocycles. The smallest absolute Gasteiger partial charge is 0.343 e. The van der Waals surface area contributed by atoms with Crippen molar-refractivity contribution < 1.29 is 28.9 Å². The van der Waals surface area contributed by atoms with Crippen LogP contribution in [0.3, 0.4) is 0 Å². The lowest BCUT2D eigenvalue weighted by molar-refractivity contribution is -0.136. The third kappa shape index (κ3) is 4.69. The maximum absolute atomic E-state index is 12.3. The van der Waals surface area contributed by atoms with E-state index in [2.05, 4.69) is 0 Å². The highest BCUT2D eigenvalue weighted by Gasteiger charge is 2.25. The number of aliphatic hydroxyl groups excluding tert-OH is 1. The second-order valence-electron chi connectivity index (χ2n) is 5.54. The van der Waals surface area contributed by atoms with Gasteiger partial charge in [-0.25, -0.2) is 9.59 Å². The summed E-state index contributed by atoms with van der Waals surface area (Å²) in [7, 11) is 1.59. The lowest BCUT2D eigenvalue weighted by atomic mass is 10.1. The van der Waals surface area contributed by atoms with Crippen LogP contribution in [0.1, 0.15) is 35.5 Å². The molecule has 7 nitrogen and oxygen atoms in total. The number of nitrogens with zero attached hydrogens (tertiary/aromatic N) is 1. The Kier molecular flexibility index (Phi) is 7.05. The number of carbonyl (C=O) groups excluding carboxylic acids is 2. The Hall–Kier alpha value is -3.22. The molecule has 0 amide bonds. The predicted molar refractivity (Wildman–Crippen MR) is 99.7 cm³/mol. The lowest BCUT2D eigenvalue weighted by Gasteiger charge is -2.13. The number of carbonyl (C=O) groups is 2. The molecule has 7 heteroatoms. The average molecular weight is 373 g/mol. The number of hydrogen-bond donors (Lipinski definition) is 1. The maximum atomic E-state index is 12.3. The molecular formula is C20H23NO6. The van der Waals surface area contributed by atoms with Crippen LogP contribution in [-0.4, -0.2) is 41.9 Å². The van der Waals surface area contributed by atoms with Gasteiger partial charge in [0.15, 0.2) is 0 Å². The number of aliphatic hydroxyl groups is 1. The summed E-state index contributed by atoms with van der Waals surface area (Å²) in [4.78, 5) is 24.6. The summed E-state index contributed by atoms with van der Waals surface area (Å²) in [6, 6.07) is 8.94.